The molecule has 0 unspecified atom stereocenters. The van der Waals surface area contributed by atoms with E-state index >= 15 is 0 Å². The number of amides is 1. The molecule has 0 saturated heterocycles. The van der Waals surface area contributed by atoms with Crippen LogP contribution in [0.25, 0.3) is 0 Å². The van der Waals surface area contributed by atoms with E-state index in [9.17, 15) is 13.2 Å². The third kappa shape index (κ3) is 3.25. The molecule has 2 aromatic rings. The Bertz CT molecular complexity index is 983. The number of nitrogens with one attached hydrogen (secondary N) is 1. The summed E-state index contributed by atoms with van der Waals surface area (Å²) in [6, 6.07) is 7.97. The normalized spacial score (nSPS) is 13.1. The van der Waals surface area contributed by atoms with Crippen LogP contribution in [0.3, 0.4) is 0 Å². The second kappa shape index (κ2) is 6.62. The quantitative estimate of drug-likeness (QED) is 0.886. The molecule has 1 heterocycles. The van der Waals surface area contributed by atoms with Gasteiger partial charge in [-0.25, -0.2) is 12.7 Å². The van der Waals surface area contributed by atoms with Crippen LogP contribution in [0.2, 0.25) is 0 Å². The molecule has 0 aliphatic carbocycles. The second-order valence-corrected chi connectivity index (χ2v) is 8.37. The van der Waals surface area contributed by atoms with E-state index in [2.05, 4.69) is 5.32 Å². The van der Waals surface area contributed by atoms with Gasteiger partial charge in [-0.3, -0.25) is 4.79 Å². The Balaban J connectivity index is 1.94. The summed E-state index contributed by atoms with van der Waals surface area (Å²) in [5, 5.41) is 2.79. The van der Waals surface area contributed by atoms with Gasteiger partial charge in [0.05, 0.1) is 4.90 Å². The maximum Gasteiger partial charge on any atom is 0.255 e. The molecule has 138 valence electrons. The highest BCUT2D eigenvalue weighted by Gasteiger charge is 2.21. The Labute approximate surface area is 152 Å². The molecular weight excluding hydrogens is 356 g/mol. The highest BCUT2D eigenvalue weighted by atomic mass is 32.2. The molecule has 3 rings (SSSR count). The van der Waals surface area contributed by atoms with Crippen LogP contribution in [0.15, 0.2) is 35.2 Å². The van der Waals surface area contributed by atoms with Crippen LogP contribution < -0.4 is 14.8 Å². The van der Waals surface area contributed by atoms with E-state index in [1.807, 2.05) is 6.92 Å². The van der Waals surface area contributed by atoms with Crippen LogP contribution >= 0.6 is 0 Å². The standard InChI is InChI=1S/C18H20N2O5S/c1-11-7-14(26(22,23)20(3)4)9-15(12(11)2)19-18(21)13-5-6-16-17(8-13)25-10-24-16/h5-9H,10H2,1-4H3,(H,19,21). The number of nitrogens with zero attached hydrogens (tertiary/aromatic N) is 1. The first kappa shape index (κ1) is 18.2. The van der Waals surface area contributed by atoms with E-state index in [0.717, 1.165) is 15.4 Å². The molecule has 0 radical (unpaired) electrons. The molecule has 1 aliphatic heterocycles. The zero-order valence-electron chi connectivity index (χ0n) is 15.0. The van der Waals surface area contributed by atoms with Gasteiger partial charge in [0, 0.05) is 25.3 Å². The number of carbonyl (C=O) groups is 1. The van der Waals surface area contributed by atoms with Gasteiger partial charge in [0.2, 0.25) is 16.8 Å². The van der Waals surface area contributed by atoms with Crippen LogP contribution in [0.4, 0.5) is 5.69 Å². The van der Waals surface area contributed by atoms with Crippen LogP contribution in [-0.2, 0) is 10.0 Å². The first-order valence-corrected chi connectivity index (χ1v) is 9.39. The maximum atomic E-state index is 12.6. The van der Waals surface area contributed by atoms with Gasteiger partial charge in [-0.05, 0) is 55.3 Å². The van der Waals surface area contributed by atoms with E-state index in [0.29, 0.717) is 22.7 Å². The number of hydrogen-bond acceptors (Lipinski definition) is 5. The molecule has 8 heteroatoms. The second-order valence-electron chi connectivity index (χ2n) is 6.22. The first-order valence-electron chi connectivity index (χ1n) is 7.95. The zero-order chi connectivity index (χ0) is 19.1. The third-order valence-electron chi connectivity index (χ3n) is 4.30. The molecule has 0 bridgehead atoms. The Morgan fingerprint density at radius 2 is 1.77 bits per heavy atom. The number of benzene rings is 2. The molecule has 0 atom stereocenters. The summed E-state index contributed by atoms with van der Waals surface area (Å²) in [5.74, 6) is 0.743. The Hall–Kier alpha value is -2.58. The average Bonchev–Trinajstić information content (AvgIpc) is 3.05. The van der Waals surface area contributed by atoms with Crippen LogP contribution in [0.1, 0.15) is 21.5 Å². The van der Waals surface area contributed by atoms with Gasteiger partial charge in [-0.2, -0.15) is 0 Å². The molecule has 0 fully saturated rings. The van der Waals surface area contributed by atoms with E-state index < -0.39 is 10.0 Å². The average molecular weight is 376 g/mol. The molecule has 7 nitrogen and oxygen atoms in total. The van der Waals surface area contributed by atoms with Gasteiger partial charge in [-0.15, -0.1) is 0 Å². The number of anilines is 1. The molecule has 1 amide bonds. The van der Waals surface area contributed by atoms with Gasteiger partial charge in [0.1, 0.15) is 0 Å². The minimum atomic E-state index is -3.60. The lowest BCUT2D eigenvalue weighted by Gasteiger charge is -2.16. The number of sulfonamides is 1. The fourth-order valence-electron chi connectivity index (χ4n) is 2.55. The van der Waals surface area contributed by atoms with Gasteiger partial charge in [-0.1, -0.05) is 0 Å². The lowest BCUT2D eigenvalue weighted by molar-refractivity contribution is 0.102. The summed E-state index contributed by atoms with van der Waals surface area (Å²) < 4.78 is 36.5. The van der Waals surface area contributed by atoms with Crippen molar-refractivity contribution < 1.29 is 22.7 Å². The summed E-state index contributed by atoms with van der Waals surface area (Å²) in [7, 11) is -0.666. The molecule has 2 aromatic carbocycles. The molecule has 0 saturated carbocycles. The fraction of sp³-hybridized carbons (Fsp3) is 0.278. The van der Waals surface area contributed by atoms with Gasteiger partial charge < -0.3 is 14.8 Å². The monoisotopic (exact) mass is 376 g/mol. The number of ether oxygens (including phenoxy) is 2. The Morgan fingerprint density at radius 1 is 1.08 bits per heavy atom. The zero-order valence-corrected chi connectivity index (χ0v) is 15.8. The molecular formula is C18H20N2O5S. The lowest BCUT2D eigenvalue weighted by atomic mass is 10.1. The molecule has 1 N–H and O–H groups in total. The molecule has 1 aliphatic rings. The predicted molar refractivity (Wildman–Crippen MR) is 97.3 cm³/mol. The highest BCUT2D eigenvalue weighted by molar-refractivity contribution is 7.89. The van der Waals surface area contributed by atoms with E-state index in [-0.39, 0.29) is 17.6 Å². The van der Waals surface area contributed by atoms with E-state index in [4.69, 9.17) is 9.47 Å². The van der Waals surface area contributed by atoms with Crippen molar-refractivity contribution in [3.63, 3.8) is 0 Å². The van der Waals surface area contributed by atoms with Crippen molar-refractivity contribution in [2.45, 2.75) is 18.7 Å². The van der Waals surface area contributed by atoms with Crippen molar-refractivity contribution in [3.8, 4) is 11.5 Å². The topological polar surface area (TPSA) is 84.9 Å². The van der Waals surface area contributed by atoms with Crippen molar-refractivity contribution in [2.75, 3.05) is 26.2 Å². The summed E-state index contributed by atoms with van der Waals surface area (Å²) >= 11 is 0. The van der Waals surface area contributed by atoms with Gasteiger partial charge in [0.15, 0.2) is 11.5 Å². The minimum Gasteiger partial charge on any atom is -0.454 e. The van der Waals surface area contributed by atoms with Crippen LogP contribution in [0, 0.1) is 13.8 Å². The van der Waals surface area contributed by atoms with Gasteiger partial charge in [0.25, 0.3) is 5.91 Å². The van der Waals surface area contributed by atoms with Crippen LogP contribution in [-0.4, -0.2) is 39.5 Å². The van der Waals surface area contributed by atoms with Crippen molar-refractivity contribution in [1.29, 1.82) is 0 Å². The summed E-state index contributed by atoms with van der Waals surface area (Å²) in [6.07, 6.45) is 0. The third-order valence-corrected chi connectivity index (χ3v) is 6.10. The number of rotatable bonds is 4. The number of hydrogen-bond donors (Lipinski definition) is 1. The van der Waals surface area contributed by atoms with E-state index in [1.165, 1.54) is 20.2 Å². The smallest absolute Gasteiger partial charge is 0.255 e. The van der Waals surface area contributed by atoms with Gasteiger partial charge >= 0.3 is 0 Å². The highest BCUT2D eigenvalue weighted by Crippen LogP contribution is 2.33. The maximum absolute atomic E-state index is 12.6. The summed E-state index contributed by atoms with van der Waals surface area (Å²) in [6.45, 7) is 3.76. The number of aryl methyl sites for hydroxylation is 1. The van der Waals surface area contributed by atoms with Crippen molar-refractivity contribution in [3.05, 3.63) is 47.0 Å². The predicted octanol–water partition coefficient (Wildman–Crippen LogP) is 2.53. The number of carbonyl (C=O) groups excluding carboxylic acids is 1. The van der Waals surface area contributed by atoms with Crippen LogP contribution in [0.5, 0.6) is 11.5 Å². The van der Waals surface area contributed by atoms with Crippen molar-refractivity contribution in [1.82, 2.24) is 4.31 Å². The molecule has 0 aromatic heterocycles. The summed E-state index contributed by atoms with van der Waals surface area (Å²) in [5.41, 5.74) is 2.42. The van der Waals surface area contributed by atoms with Crippen molar-refractivity contribution in [2.24, 2.45) is 0 Å². The SMILES string of the molecule is Cc1cc(S(=O)(=O)N(C)C)cc(NC(=O)c2ccc3c(c2)OCO3)c1C. The largest absolute Gasteiger partial charge is 0.454 e. The Morgan fingerprint density at radius 3 is 2.46 bits per heavy atom. The summed E-state index contributed by atoms with van der Waals surface area (Å²) in [4.78, 5) is 12.7. The van der Waals surface area contributed by atoms with E-state index in [1.54, 1.807) is 31.2 Å². The lowest BCUT2D eigenvalue weighted by Crippen LogP contribution is -2.23. The first-order chi connectivity index (χ1) is 12.2. The van der Waals surface area contributed by atoms with Crippen molar-refractivity contribution >= 4 is 21.6 Å². The molecule has 26 heavy (non-hydrogen) atoms. The number of fused-ring (bicyclic) bond motifs is 1. The minimum absolute atomic E-state index is 0.128. The Kier molecular flexibility index (Phi) is 4.64. The molecule has 0 spiro atoms. The fourth-order valence-corrected chi connectivity index (χ4v) is 3.56.